The van der Waals surface area contributed by atoms with Gasteiger partial charge in [-0.2, -0.15) is 0 Å². The van der Waals surface area contributed by atoms with Crippen molar-refractivity contribution in [3.05, 3.63) is 47.7 Å². The molecule has 2 N–H and O–H groups in total. The Morgan fingerprint density at radius 3 is 2.81 bits per heavy atom. The Hall–Kier alpha value is -2.08. The van der Waals surface area contributed by atoms with Crippen molar-refractivity contribution < 1.29 is 8.42 Å². The molecule has 21 heavy (non-hydrogen) atoms. The summed E-state index contributed by atoms with van der Waals surface area (Å²) in [7, 11) is -3.30. The van der Waals surface area contributed by atoms with Gasteiger partial charge in [0.25, 0.3) is 0 Å². The minimum absolute atomic E-state index is 0.275. The highest BCUT2D eigenvalue weighted by molar-refractivity contribution is 7.90. The third-order valence-electron chi connectivity index (χ3n) is 3.69. The molecule has 0 unspecified atom stereocenters. The van der Waals surface area contributed by atoms with E-state index in [-0.39, 0.29) is 4.90 Å². The molecule has 0 bridgehead atoms. The zero-order valence-corrected chi connectivity index (χ0v) is 12.6. The molecule has 0 amide bonds. The van der Waals surface area contributed by atoms with Crippen LogP contribution >= 0.6 is 0 Å². The van der Waals surface area contributed by atoms with E-state index in [4.69, 9.17) is 5.73 Å². The lowest BCUT2D eigenvalue weighted by molar-refractivity contribution is 0.600. The predicted molar refractivity (Wildman–Crippen MR) is 83.0 cm³/mol. The van der Waals surface area contributed by atoms with Crippen LogP contribution in [0.25, 0.3) is 0 Å². The van der Waals surface area contributed by atoms with Crippen molar-refractivity contribution in [1.29, 1.82) is 0 Å². The van der Waals surface area contributed by atoms with Crippen molar-refractivity contribution in [3.8, 4) is 0 Å². The fraction of sp³-hybridized carbons (Fsp3) is 0.267. The zero-order chi connectivity index (χ0) is 15.0. The molecule has 2 aromatic rings. The summed E-state index contributed by atoms with van der Waals surface area (Å²) < 4.78 is 23.8. The first kappa shape index (κ1) is 13.9. The van der Waals surface area contributed by atoms with Gasteiger partial charge in [-0.1, -0.05) is 6.07 Å². The first-order valence-corrected chi connectivity index (χ1v) is 8.61. The average Bonchev–Trinajstić information content (AvgIpc) is 2.45. The Balaban J connectivity index is 2.01. The molecule has 0 radical (unpaired) electrons. The molecular weight excluding hydrogens is 286 g/mol. The maximum absolute atomic E-state index is 11.9. The summed E-state index contributed by atoms with van der Waals surface area (Å²) in [5.74, 6) is 0.521. The number of nitrogen functional groups attached to an aromatic ring is 1. The highest BCUT2D eigenvalue weighted by Gasteiger charge is 2.23. The second kappa shape index (κ2) is 5.04. The highest BCUT2D eigenvalue weighted by Crippen LogP contribution is 2.28. The van der Waals surface area contributed by atoms with Gasteiger partial charge < -0.3 is 10.6 Å². The Bertz CT molecular complexity index is 787. The number of sulfone groups is 1. The smallest absolute Gasteiger partial charge is 0.179 e. The second-order valence-corrected chi connectivity index (χ2v) is 7.28. The van der Waals surface area contributed by atoms with Crippen LogP contribution in [-0.4, -0.2) is 26.2 Å². The number of aromatic nitrogens is 1. The van der Waals surface area contributed by atoms with Crippen LogP contribution in [0.2, 0.25) is 0 Å². The largest absolute Gasteiger partial charge is 0.399 e. The van der Waals surface area contributed by atoms with Gasteiger partial charge in [-0.15, -0.1) is 0 Å². The number of pyridine rings is 1. The molecule has 1 aromatic carbocycles. The van der Waals surface area contributed by atoms with Gasteiger partial charge in [0.05, 0.1) is 0 Å². The van der Waals surface area contributed by atoms with E-state index in [9.17, 15) is 8.42 Å². The summed E-state index contributed by atoms with van der Waals surface area (Å²) >= 11 is 0. The molecule has 1 aromatic heterocycles. The number of hydrogen-bond donors (Lipinski definition) is 1. The Labute approximate surface area is 124 Å². The molecule has 0 saturated carbocycles. The van der Waals surface area contributed by atoms with E-state index < -0.39 is 9.84 Å². The third-order valence-corrected chi connectivity index (χ3v) is 4.81. The van der Waals surface area contributed by atoms with Gasteiger partial charge in [0, 0.05) is 31.2 Å². The van der Waals surface area contributed by atoms with Crippen molar-refractivity contribution in [2.75, 3.05) is 23.4 Å². The van der Waals surface area contributed by atoms with E-state index in [1.165, 1.54) is 11.8 Å². The Morgan fingerprint density at radius 2 is 2.05 bits per heavy atom. The van der Waals surface area contributed by atoms with Crippen molar-refractivity contribution in [2.24, 2.45) is 0 Å². The highest BCUT2D eigenvalue weighted by atomic mass is 32.2. The van der Waals surface area contributed by atoms with E-state index in [0.29, 0.717) is 12.4 Å². The standard InChI is InChI=1S/C15H17N3O2S/c1-21(19,20)14-3-2-7-17-15(14)18-8-6-11-4-5-13(16)9-12(11)10-18/h2-5,7,9H,6,8,10,16H2,1H3. The molecule has 0 atom stereocenters. The van der Waals surface area contributed by atoms with Gasteiger partial charge in [-0.05, 0) is 41.8 Å². The minimum Gasteiger partial charge on any atom is -0.399 e. The first-order chi connectivity index (χ1) is 9.95. The predicted octanol–water partition coefficient (Wildman–Crippen LogP) is 1.63. The molecule has 110 valence electrons. The topological polar surface area (TPSA) is 76.3 Å². The molecule has 0 saturated heterocycles. The number of nitrogens with two attached hydrogens (primary N) is 1. The van der Waals surface area contributed by atoms with Crippen LogP contribution in [-0.2, 0) is 22.8 Å². The maximum atomic E-state index is 11.9. The van der Waals surface area contributed by atoms with Crippen LogP contribution in [0.15, 0.2) is 41.4 Å². The van der Waals surface area contributed by atoms with E-state index in [1.807, 2.05) is 23.1 Å². The minimum atomic E-state index is -3.30. The summed E-state index contributed by atoms with van der Waals surface area (Å²) in [6, 6.07) is 9.14. The molecule has 0 spiro atoms. The maximum Gasteiger partial charge on any atom is 0.179 e. The fourth-order valence-corrected chi connectivity index (χ4v) is 3.51. The van der Waals surface area contributed by atoms with Gasteiger partial charge in [-0.3, -0.25) is 0 Å². The Morgan fingerprint density at radius 1 is 1.24 bits per heavy atom. The molecule has 2 heterocycles. The molecule has 0 fully saturated rings. The summed E-state index contributed by atoms with van der Waals surface area (Å²) in [4.78, 5) is 6.55. The van der Waals surface area contributed by atoms with Crippen LogP contribution in [0, 0.1) is 0 Å². The normalized spacial score (nSPS) is 14.8. The summed E-state index contributed by atoms with van der Waals surface area (Å²) in [5, 5.41) is 0. The van der Waals surface area contributed by atoms with Crippen LogP contribution in [0.5, 0.6) is 0 Å². The Kier molecular flexibility index (Phi) is 3.33. The fourth-order valence-electron chi connectivity index (χ4n) is 2.67. The number of rotatable bonds is 2. The van der Waals surface area contributed by atoms with E-state index in [2.05, 4.69) is 4.98 Å². The second-order valence-electron chi connectivity index (χ2n) is 5.30. The van der Waals surface area contributed by atoms with Crippen molar-refractivity contribution in [1.82, 2.24) is 4.98 Å². The SMILES string of the molecule is CS(=O)(=O)c1cccnc1N1CCc2ccc(N)cc2C1. The molecule has 1 aliphatic heterocycles. The lowest BCUT2D eigenvalue weighted by atomic mass is 9.99. The summed E-state index contributed by atoms with van der Waals surface area (Å²) in [5.41, 5.74) is 8.95. The number of fused-ring (bicyclic) bond motifs is 1. The van der Waals surface area contributed by atoms with Gasteiger partial charge in [-0.25, -0.2) is 13.4 Å². The monoisotopic (exact) mass is 303 g/mol. The van der Waals surface area contributed by atoms with Gasteiger partial charge >= 0.3 is 0 Å². The van der Waals surface area contributed by atoms with E-state index in [0.717, 1.165) is 24.2 Å². The quantitative estimate of drug-likeness (QED) is 0.853. The van der Waals surface area contributed by atoms with Crippen LogP contribution in [0.3, 0.4) is 0 Å². The van der Waals surface area contributed by atoms with E-state index in [1.54, 1.807) is 18.3 Å². The lowest BCUT2D eigenvalue weighted by Crippen LogP contribution is -2.32. The van der Waals surface area contributed by atoms with Crippen molar-refractivity contribution >= 4 is 21.3 Å². The molecule has 3 rings (SSSR count). The molecule has 6 heteroatoms. The zero-order valence-electron chi connectivity index (χ0n) is 11.8. The number of nitrogens with zero attached hydrogens (tertiary/aromatic N) is 2. The first-order valence-electron chi connectivity index (χ1n) is 6.72. The number of hydrogen-bond acceptors (Lipinski definition) is 5. The van der Waals surface area contributed by atoms with E-state index >= 15 is 0 Å². The number of benzene rings is 1. The summed E-state index contributed by atoms with van der Waals surface area (Å²) in [6.07, 6.45) is 3.69. The molecule has 1 aliphatic rings. The van der Waals surface area contributed by atoms with Crippen LogP contribution in [0.4, 0.5) is 11.5 Å². The lowest BCUT2D eigenvalue weighted by Gasteiger charge is -2.31. The molecule has 0 aliphatic carbocycles. The van der Waals surface area contributed by atoms with Gasteiger partial charge in [0.1, 0.15) is 10.7 Å². The molecule has 5 nitrogen and oxygen atoms in total. The van der Waals surface area contributed by atoms with Crippen molar-refractivity contribution in [2.45, 2.75) is 17.9 Å². The molecular formula is C15H17N3O2S. The van der Waals surface area contributed by atoms with Crippen LogP contribution < -0.4 is 10.6 Å². The number of anilines is 2. The van der Waals surface area contributed by atoms with Crippen molar-refractivity contribution in [3.63, 3.8) is 0 Å². The van der Waals surface area contributed by atoms with Gasteiger partial charge in [0.15, 0.2) is 9.84 Å². The third kappa shape index (κ3) is 2.71. The van der Waals surface area contributed by atoms with Crippen LogP contribution in [0.1, 0.15) is 11.1 Å². The average molecular weight is 303 g/mol. The summed E-state index contributed by atoms with van der Waals surface area (Å²) in [6.45, 7) is 1.37. The van der Waals surface area contributed by atoms with Gasteiger partial charge in [0.2, 0.25) is 0 Å².